The van der Waals surface area contributed by atoms with Gasteiger partial charge in [0, 0.05) is 26.5 Å². The summed E-state index contributed by atoms with van der Waals surface area (Å²) in [7, 11) is 1.58. The van der Waals surface area contributed by atoms with Crippen LogP contribution in [0.1, 0.15) is 13.3 Å². The van der Waals surface area contributed by atoms with Gasteiger partial charge in [0.15, 0.2) is 0 Å². The lowest BCUT2D eigenvalue weighted by atomic mass is 10.1. The van der Waals surface area contributed by atoms with E-state index in [-0.39, 0.29) is 11.8 Å². The normalized spacial score (nSPS) is 26.6. The summed E-state index contributed by atoms with van der Waals surface area (Å²) in [5.74, 6) is -0.972. The predicted octanol–water partition coefficient (Wildman–Crippen LogP) is -0.0456. The first-order chi connectivity index (χ1) is 6.56. The predicted molar refractivity (Wildman–Crippen MR) is 48.8 cm³/mol. The number of carboxylic acids is 1. The summed E-state index contributed by atoms with van der Waals surface area (Å²) in [6.45, 7) is 2.39. The lowest BCUT2D eigenvalue weighted by Crippen LogP contribution is -2.39. The molecule has 14 heavy (non-hydrogen) atoms. The van der Waals surface area contributed by atoms with E-state index in [9.17, 15) is 9.59 Å². The Morgan fingerprint density at radius 1 is 1.57 bits per heavy atom. The molecule has 0 aromatic rings. The zero-order valence-corrected chi connectivity index (χ0v) is 8.40. The Balaban J connectivity index is 2.65. The minimum absolute atomic E-state index is 0.144. The second kappa shape index (κ2) is 4.41. The number of hydrogen-bond donors (Lipinski definition) is 1. The third-order valence-corrected chi connectivity index (χ3v) is 2.48. The van der Waals surface area contributed by atoms with Crippen LogP contribution in [0, 0.1) is 5.92 Å². The lowest BCUT2D eigenvalue weighted by molar-refractivity contribution is -0.147. The number of carbonyl (C=O) groups is 2. The molecule has 1 amide bonds. The molecule has 1 aliphatic heterocycles. The molecule has 0 radical (unpaired) electrons. The fourth-order valence-corrected chi connectivity index (χ4v) is 1.86. The number of likely N-dealkylation sites (tertiary alicyclic amines) is 1. The van der Waals surface area contributed by atoms with Crippen LogP contribution in [0.2, 0.25) is 0 Å². The van der Waals surface area contributed by atoms with Crippen LogP contribution in [0.15, 0.2) is 0 Å². The number of carbonyl (C=O) groups excluding carboxylic acids is 1. The first-order valence-electron chi connectivity index (χ1n) is 4.55. The zero-order valence-electron chi connectivity index (χ0n) is 8.40. The summed E-state index contributed by atoms with van der Waals surface area (Å²) in [5.41, 5.74) is 0. The molecule has 0 bridgehead atoms. The van der Waals surface area contributed by atoms with Crippen LogP contribution in [0.25, 0.3) is 0 Å². The number of aliphatic carboxylic acids is 1. The van der Waals surface area contributed by atoms with Crippen molar-refractivity contribution in [2.45, 2.75) is 19.4 Å². The van der Waals surface area contributed by atoms with Gasteiger partial charge in [-0.05, 0) is 6.42 Å². The standard InChI is InChI=1S/C9H15NO4/c1-6(11)10-4-7(5-14-2)3-8(10)9(12)13/h7-8H,3-5H2,1-2H3,(H,12,13). The van der Waals surface area contributed by atoms with Gasteiger partial charge in [0.25, 0.3) is 0 Å². The van der Waals surface area contributed by atoms with Crippen molar-refractivity contribution >= 4 is 11.9 Å². The van der Waals surface area contributed by atoms with E-state index in [0.29, 0.717) is 19.6 Å². The monoisotopic (exact) mass is 201 g/mol. The second-order valence-corrected chi connectivity index (χ2v) is 3.58. The van der Waals surface area contributed by atoms with Gasteiger partial charge < -0.3 is 14.7 Å². The highest BCUT2D eigenvalue weighted by molar-refractivity contribution is 5.82. The van der Waals surface area contributed by atoms with E-state index in [4.69, 9.17) is 9.84 Å². The second-order valence-electron chi connectivity index (χ2n) is 3.58. The van der Waals surface area contributed by atoms with Gasteiger partial charge in [-0.2, -0.15) is 0 Å². The van der Waals surface area contributed by atoms with Gasteiger partial charge in [0.2, 0.25) is 5.91 Å². The molecular weight excluding hydrogens is 186 g/mol. The minimum atomic E-state index is -0.932. The average Bonchev–Trinajstić information content (AvgIpc) is 2.49. The summed E-state index contributed by atoms with van der Waals surface area (Å²) in [5, 5.41) is 8.88. The fourth-order valence-electron chi connectivity index (χ4n) is 1.86. The maximum absolute atomic E-state index is 11.1. The summed E-state index contributed by atoms with van der Waals surface area (Å²) in [4.78, 5) is 23.4. The van der Waals surface area contributed by atoms with Crippen LogP contribution in [-0.4, -0.2) is 48.2 Å². The van der Waals surface area contributed by atoms with Crippen LogP contribution in [0.5, 0.6) is 0 Å². The van der Waals surface area contributed by atoms with Gasteiger partial charge in [-0.15, -0.1) is 0 Å². The van der Waals surface area contributed by atoms with Crippen molar-refractivity contribution in [1.82, 2.24) is 4.90 Å². The average molecular weight is 201 g/mol. The van der Waals surface area contributed by atoms with Crippen molar-refractivity contribution in [1.29, 1.82) is 0 Å². The fraction of sp³-hybridized carbons (Fsp3) is 0.778. The van der Waals surface area contributed by atoms with E-state index in [1.807, 2.05) is 0 Å². The van der Waals surface area contributed by atoms with Crippen molar-refractivity contribution in [2.24, 2.45) is 5.92 Å². The molecule has 0 aliphatic carbocycles. The molecule has 2 unspecified atom stereocenters. The van der Waals surface area contributed by atoms with Crippen molar-refractivity contribution in [3.63, 3.8) is 0 Å². The number of carboxylic acid groups (broad SMARTS) is 1. The Labute approximate surface area is 82.6 Å². The Bertz CT molecular complexity index is 219. The van der Waals surface area contributed by atoms with Crippen molar-refractivity contribution < 1.29 is 19.4 Å². The summed E-state index contributed by atoms with van der Waals surface area (Å²) in [6, 6.07) is -0.673. The van der Waals surface area contributed by atoms with Crippen molar-refractivity contribution in [3.05, 3.63) is 0 Å². The van der Waals surface area contributed by atoms with E-state index >= 15 is 0 Å². The van der Waals surface area contributed by atoms with Gasteiger partial charge in [-0.1, -0.05) is 0 Å². The number of nitrogens with zero attached hydrogens (tertiary/aromatic N) is 1. The summed E-state index contributed by atoms with van der Waals surface area (Å²) >= 11 is 0. The zero-order chi connectivity index (χ0) is 10.7. The number of hydrogen-bond acceptors (Lipinski definition) is 3. The minimum Gasteiger partial charge on any atom is -0.480 e. The molecule has 0 spiro atoms. The molecule has 1 rings (SSSR count). The maximum atomic E-state index is 11.1. The van der Waals surface area contributed by atoms with Crippen LogP contribution >= 0.6 is 0 Å². The molecule has 0 aromatic heterocycles. The molecular formula is C9H15NO4. The van der Waals surface area contributed by atoms with E-state index in [2.05, 4.69) is 0 Å². The van der Waals surface area contributed by atoms with Gasteiger partial charge in [-0.25, -0.2) is 4.79 Å². The molecule has 1 fully saturated rings. The largest absolute Gasteiger partial charge is 0.480 e. The number of ether oxygens (including phenoxy) is 1. The van der Waals surface area contributed by atoms with Gasteiger partial charge in [-0.3, -0.25) is 4.79 Å². The molecule has 5 nitrogen and oxygen atoms in total. The Hall–Kier alpha value is -1.10. The quantitative estimate of drug-likeness (QED) is 0.695. The van der Waals surface area contributed by atoms with Crippen LogP contribution in [-0.2, 0) is 14.3 Å². The molecule has 1 aliphatic rings. The SMILES string of the molecule is COCC1CC(C(=O)O)N(C(C)=O)C1. The van der Waals surface area contributed by atoms with Crippen LogP contribution in [0.4, 0.5) is 0 Å². The van der Waals surface area contributed by atoms with E-state index < -0.39 is 12.0 Å². The van der Waals surface area contributed by atoms with Crippen molar-refractivity contribution in [3.8, 4) is 0 Å². The summed E-state index contributed by atoms with van der Waals surface area (Å²) < 4.78 is 4.95. The van der Waals surface area contributed by atoms with Crippen LogP contribution in [0.3, 0.4) is 0 Å². The molecule has 5 heteroatoms. The summed E-state index contributed by atoms with van der Waals surface area (Å²) in [6.07, 6.45) is 0.489. The smallest absolute Gasteiger partial charge is 0.326 e. The molecule has 2 atom stereocenters. The molecule has 1 saturated heterocycles. The first kappa shape index (κ1) is 11.0. The molecule has 0 saturated carbocycles. The highest BCUT2D eigenvalue weighted by Gasteiger charge is 2.37. The lowest BCUT2D eigenvalue weighted by Gasteiger charge is -2.18. The molecule has 1 heterocycles. The molecule has 0 aromatic carbocycles. The maximum Gasteiger partial charge on any atom is 0.326 e. The Morgan fingerprint density at radius 2 is 2.21 bits per heavy atom. The van der Waals surface area contributed by atoms with Crippen molar-refractivity contribution in [2.75, 3.05) is 20.3 Å². The topological polar surface area (TPSA) is 66.8 Å². The number of methoxy groups -OCH3 is 1. The van der Waals surface area contributed by atoms with Gasteiger partial charge >= 0.3 is 5.97 Å². The van der Waals surface area contributed by atoms with E-state index in [1.165, 1.54) is 11.8 Å². The molecule has 80 valence electrons. The van der Waals surface area contributed by atoms with Crippen LogP contribution < -0.4 is 0 Å². The van der Waals surface area contributed by atoms with Gasteiger partial charge in [0.1, 0.15) is 6.04 Å². The number of amides is 1. The van der Waals surface area contributed by atoms with E-state index in [1.54, 1.807) is 7.11 Å². The first-order valence-corrected chi connectivity index (χ1v) is 4.55. The van der Waals surface area contributed by atoms with E-state index in [0.717, 1.165) is 0 Å². The Morgan fingerprint density at radius 3 is 2.57 bits per heavy atom. The van der Waals surface area contributed by atoms with Gasteiger partial charge in [0.05, 0.1) is 6.61 Å². The number of rotatable bonds is 3. The highest BCUT2D eigenvalue weighted by atomic mass is 16.5. The molecule has 1 N–H and O–H groups in total. The third-order valence-electron chi connectivity index (χ3n) is 2.48. The third kappa shape index (κ3) is 2.23. The Kier molecular flexibility index (Phi) is 3.46. The highest BCUT2D eigenvalue weighted by Crippen LogP contribution is 2.23.